The zero-order chi connectivity index (χ0) is 14.1. The van der Waals surface area contributed by atoms with Crippen LogP contribution in [0.5, 0.6) is 0 Å². The van der Waals surface area contributed by atoms with E-state index in [9.17, 15) is 10.1 Å². The van der Waals surface area contributed by atoms with E-state index in [1.807, 2.05) is 6.21 Å². The van der Waals surface area contributed by atoms with Gasteiger partial charge in [-0.25, -0.2) is 0 Å². The summed E-state index contributed by atoms with van der Waals surface area (Å²) in [4.78, 5) is 10.2. The standard InChI is InChI=1S/C15H17N3O2/c1-10-11-2-3-12(8-11)15(10)9-16-17-13-4-6-14(7-5-13)18(19)20/h2-7,9-12,15,17H,8H2,1H3/b16-9+. The Kier molecular flexibility index (Phi) is 3.26. The van der Waals surface area contributed by atoms with Crippen LogP contribution in [0.25, 0.3) is 0 Å². The number of hydrogen-bond acceptors (Lipinski definition) is 4. The van der Waals surface area contributed by atoms with Crippen LogP contribution in [0.4, 0.5) is 11.4 Å². The van der Waals surface area contributed by atoms with Crippen molar-refractivity contribution in [3.05, 3.63) is 46.5 Å². The Morgan fingerprint density at radius 1 is 1.30 bits per heavy atom. The highest BCUT2D eigenvalue weighted by Crippen LogP contribution is 2.46. The molecule has 0 aliphatic heterocycles. The molecule has 0 radical (unpaired) electrons. The van der Waals surface area contributed by atoms with Gasteiger partial charge in [-0.05, 0) is 36.3 Å². The Morgan fingerprint density at radius 3 is 2.60 bits per heavy atom. The van der Waals surface area contributed by atoms with E-state index in [0.717, 1.165) is 5.69 Å². The van der Waals surface area contributed by atoms with Gasteiger partial charge in [0, 0.05) is 24.3 Å². The molecule has 0 heterocycles. The Balaban J connectivity index is 1.60. The highest BCUT2D eigenvalue weighted by atomic mass is 16.6. The second-order valence-electron chi connectivity index (χ2n) is 5.58. The van der Waals surface area contributed by atoms with Crippen LogP contribution in [-0.2, 0) is 0 Å². The van der Waals surface area contributed by atoms with Gasteiger partial charge in [0.1, 0.15) is 0 Å². The minimum Gasteiger partial charge on any atom is -0.279 e. The maximum absolute atomic E-state index is 10.6. The lowest BCUT2D eigenvalue weighted by molar-refractivity contribution is -0.384. The summed E-state index contributed by atoms with van der Waals surface area (Å²) in [5.74, 6) is 2.47. The van der Waals surface area contributed by atoms with E-state index in [-0.39, 0.29) is 5.69 Å². The molecule has 0 aromatic heterocycles. The Labute approximate surface area is 117 Å². The number of hydrogen-bond donors (Lipinski definition) is 1. The summed E-state index contributed by atoms with van der Waals surface area (Å²) in [5.41, 5.74) is 3.79. The highest BCUT2D eigenvalue weighted by Gasteiger charge is 2.40. The topological polar surface area (TPSA) is 67.5 Å². The van der Waals surface area contributed by atoms with Gasteiger partial charge in [0.25, 0.3) is 5.69 Å². The third kappa shape index (κ3) is 2.31. The first-order valence-corrected chi connectivity index (χ1v) is 6.87. The molecule has 1 fully saturated rings. The molecule has 1 aromatic rings. The predicted octanol–water partition coefficient (Wildman–Crippen LogP) is 3.45. The van der Waals surface area contributed by atoms with Crippen LogP contribution in [0.1, 0.15) is 13.3 Å². The summed E-state index contributed by atoms with van der Waals surface area (Å²) >= 11 is 0. The van der Waals surface area contributed by atoms with Crippen molar-refractivity contribution in [3.8, 4) is 0 Å². The number of hydrazone groups is 1. The summed E-state index contributed by atoms with van der Waals surface area (Å²) in [6.45, 7) is 2.27. The molecule has 2 aliphatic carbocycles. The van der Waals surface area contributed by atoms with Gasteiger partial charge in [-0.3, -0.25) is 15.5 Å². The van der Waals surface area contributed by atoms with E-state index in [0.29, 0.717) is 23.7 Å². The molecule has 5 heteroatoms. The first kappa shape index (κ1) is 12.8. The Morgan fingerprint density at radius 2 is 2.00 bits per heavy atom. The van der Waals surface area contributed by atoms with Crippen molar-refractivity contribution < 1.29 is 4.92 Å². The lowest BCUT2D eigenvalue weighted by atomic mass is 9.85. The first-order chi connectivity index (χ1) is 9.65. The molecule has 5 nitrogen and oxygen atoms in total. The van der Waals surface area contributed by atoms with Crippen molar-refractivity contribution in [3.63, 3.8) is 0 Å². The van der Waals surface area contributed by atoms with Crippen LogP contribution >= 0.6 is 0 Å². The first-order valence-electron chi connectivity index (χ1n) is 6.87. The average molecular weight is 271 g/mol. The van der Waals surface area contributed by atoms with Crippen LogP contribution < -0.4 is 5.43 Å². The zero-order valence-electron chi connectivity index (χ0n) is 11.3. The third-order valence-corrected chi connectivity index (χ3v) is 4.45. The molecule has 20 heavy (non-hydrogen) atoms. The fourth-order valence-corrected chi connectivity index (χ4v) is 3.21. The van der Waals surface area contributed by atoms with Gasteiger partial charge in [-0.1, -0.05) is 19.1 Å². The molecule has 4 atom stereocenters. The second kappa shape index (κ2) is 5.07. The minimum absolute atomic E-state index is 0.0893. The summed E-state index contributed by atoms with van der Waals surface area (Å²) < 4.78 is 0. The molecule has 1 N–H and O–H groups in total. The number of anilines is 1. The SMILES string of the molecule is CC1C2C=CC(C2)C1/C=N/Nc1ccc([N+](=O)[O-])cc1. The van der Waals surface area contributed by atoms with Crippen LogP contribution in [0.15, 0.2) is 41.5 Å². The van der Waals surface area contributed by atoms with Crippen molar-refractivity contribution in [2.24, 2.45) is 28.8 Å². The molecule has 3 rings (SSSR count). The number of nitro groups is 1. The van der Waals surface area contributed by atoms with E-state index in [4.69, 9.17) is 0 Å². The van der Waals surface area contributed by atoms with Crippen molar-refractivity contribution in [2.75, 3.05) is 5.43 Å². The molecule has 1 aromatic carbocycles. The number of allylic oxidation sites excluding steroid dienone is 2. The van der Waals surface area contributed by atoms with Gasteiger partial charge >= 0.3 is 0 Å². The summed E-state index contributed by atoms with van der Waals surface area (Å²) in [6.07, 6.45) is 7.85. The molecule has 2 aliphatic rings. The molecule has 0 spiro atoms. The number of benzene rings is 1. The summed E-state index contributed by atoms with van der Waals surface area (Å²) in [5, 5.41) is 14.8. The van der Waals surface area contributed by atoms with Gasteiger partial charge in [-0.2, -0.15) is 5.10 Å². The predicted molar refractivity (Wildman–Crippen MR) is 78.6 cm³/mol. The van der Waals surface area contributed by atoms with E-state index in [1.54, 1.807) is 12.1 Å². The maximum Gasteiger partial charge on any atom is 0.269 e. The molecule has 0 amide bonds. The maximum atomic E-state index is 10.6. The van der Waals surface area contributed by atoms with E-state index in [1.165, 1.54) is 18.6 Å². The van der Waals surface area contributed by atoms with E-state index in [2.05, 4.69) is 29.6 Å². The summed E-state index contributed by atoms with van der Waals surface area (Å²) in [7, 11) is 0. The van der Waals surface area contributed by atoms with Crippen LogP contribution in [0.2, 0.25) is 0 Å². The average Bonchev–Trinajstić information content (AvgIpc) is 3.02. The smallest absolute Gasteiger partial charge is 0.269 e. The largest absolute Gasteiger partial charge is 0.279 e. The Hall–Kier alpha value is -2.17. The van der Waals surface area contributed by atoms with Gasteiger partial charge in [0.05, 0.1) is 10.6 Å². The normalized spacial score (nSPS) is 31.1. The lowest BCUT2D eigenvalue weighted by Gasteiger charge is -2.20. The Bertz CT molecular complexity index is 565. The summed E-state index contributed by atoms with van der Waals surface area (Å²) in [6, 6.07) is 6.28. The van der Waals surface area contributed by atoms with Gasteiger partial charge in [-0.15, -0.1) is 0 Å². The number of rotatable bonds is 4. The van der Waals surface area contributed by atoms with E-state index < -0.39 is 4.92 Å². The lowest BCUT2D eigenvalue weighted by Crippen LogP contribution is -2.18. The zero-order valence-corrected chi connectivity index (χ0v) is 11.3. The molecular formula is C15H17N3O2. The van der Waals surface area contributed by atoms with Crippen molar-refractivity contribution >= 4 is 17.6 Å². The van der Waals surface area contributed by atoms with Gasteiger partial charge < -0.3 is 0 Å². The number of non-ortho nitro benzene ring substituents is 1. The fraction of sp³-hybridized carbons (Fsp3) is 0.400. The van der Waals surface area contributed by atoms with Crippen molar-refractivity contribution in [2.45, 2.75) is 13.3 Å². The quantitative estimate of drug-likeness (QED) is 0.394. The monoisotopic (exact) mass is 271 g/mol. The molecule has 104 valence electrons. The number of nitrogens with zero attached hydrogens (tertiary/aromatic N) is 2. The van der Waals surface area contributed by atoms with Crippen LogP contribution in [-0.4, -0.2) is 11.1 Å². The molecule has 1 saturated carbocycles. The second-order valence-corrected chi connectivity index (χ2v) is 5.58. The number of nitrogens with one attached hydrogen (secondary N) is 1. The molecular weight excluding hydrogens is 254 g/mol. The molecule has 0 saturated heterocycles. The number of fused-ring (bicyclic) bond motifs is 2. The minimum atomic E-state index is -0.406. The van der Waals surface area contributed by atoms with Crippen LogP contribution in [0, 0.1) is 33.8 Å². The molecule has 2 bridgehead atoms. The third-order valence-electron chi connectivity index (χ3n) is 4.45. The van der Waals surface area contributed by atoms with E-state index >= 15 is 0 Å². The highest BCUT2D eigenvalue weighted by molar-refractivity contribution is 5.65. The van der Waals surface area contributed by atoms with Crippen LogP contribution in [0.3, 0.4) is 0 Å². The molecule has 4 unspecified atom stereocenters. The van der Waals surface area contributed by atoms with Gasteiger partial charge in [0.2, 0.25) is 0 Å². The number of nitro benzene ring substituents is 1. The fourth-order valence-electron chi connectivity index (χ4n) is 3.21. The van der Waals surface area contributed by atoms with Crippen molar-refractivity contribution in [1.29, 1.82) is 0 Å². The van der Waals surface area contributed by atoms with Gasteiger partial charge in [0.15, 0.2) is 0 Å². The van der Waals surface area contributed by atoms with Crippen molar-refractivity contribution in [1.82, 2.24) is 0 Å².